The van der Waals surface area contributed by atoms with Gasteiger partial charge in [-0.05, 0) is 19.1 Å². The Kier molecular flexibility index (Phi) is 4.36. The monoisotopic (exact) mass is 309 g/mol. The van der Waals surface area contributed by atoms with Crippen molar-refractivity contribution in [3.05, 3.63) is 47.4 Å². The van der Waals surface area contributed by atoms with Gasteiger partial charge in [0.05, 0.1) is 0 Å². The fourth-order valence-electron chi connectivity index (χ4n) is 2.44. The molecule has 114 valence electrons. The van der Waals surface area contributed by atoms with Gasteiger partial charge in [0.2, 0.25) is 5.39 Å². The molecule has 0 N–H and O–H groups in total. The molecule has 0 amide bonds. The summed E-state index contributed by atoms with van der Waals surface area (Å²) < 4.78 is 41.3. The van der Waals surface area contributed by atoms with Gasteiger partial charge in [-0.2, -0.15) is 0 Å². The second-order valence-corrected chi connectivity index (χ2v) is 4.56. The summed E-state index contributed by atoms with van der Waals surface area (Å²) in [6.07, 6.45) is 0. The Bertz CT molecular complexity index is 843. The summed E-state index contributed by atoms with van der Waals surface area (Å²) in [6, 6.07) is 14.1. The maximum absolute atomic E-state index is 9.75. The van der Waals surface area contributed by atoms with Crippen LogP contribution in [0.2, 0.25) is 0 Å². The van der Waals surface area contributed by atoms with Crippen LogP contribution in [0.1, 0.15) is 6.92 Å². The third-order valence-corrected chi connectivity index (χ3v) is 3.19. The molecule has 2 aromatic carbocycles. The summed E-state index contributed by atoms with van der Waals surface area (Å²) in [5.74, 6) is 0. The highest BCUT2D eigenvalue weighted by molar-refractivity contribution is 6.50. The van der Waals surface area contributed by atoms with E-state index in [1.807, 2.05) is 30.3 Å². The maximum atomic E-state index is 9.75. The molecule has 0 bridgehead atoms. The highest BCUT2D eigenvalue weighted by Gasteiger charge is 2.20. The second-order valence-electron chi connectivity index (χ2n) is 4.56. The van der Waals surface area contributed by atoms with Crippen molar-refractivity contribution in [2.45, 2.75) is 13.5 Å². The fourth-order valence-corrected chi connectivity index (χ4v) is 2.44. The number of fused-ring (bicyclic) bond motifs is 3. The van der Waals surface area contributed by atoms with E-state index in [2.05, 4.69) is 28.6 Å². The number of aryl methyl sites for hydroxylation is 1. The molecule has 0 unspecified atom stereocenters. The quantitative estimate of drug-likeness (QED) is 0.327. The molecular formula is C14H12BF4N3. The normalized spacial score (nSPS) is 11.1. The minimum atomic E-state index is -6.00. The molecule has 3 rings (SSSR count). The number of hydrogen-bond acceptors (Lipinski definition) is 1. The third kappa shape index (κ3) is 3.36. The molecule has 0 radical (unpaired) electrons. The highest BCUT2D eigenvalue weighted by atomic mass is 19.5. The molecule has 0 atom stereocenters. The smallest absolute Gasteiger partial charge is 0.418 e. The van der Waals surface area contributed by atoms with Crippen molar-refractivity contribution in [2.24, 2.45) is 0 Å². The molecule has 0 aliphatic rings. The van der Waals surface area contributed by atoms with Gasteiger partial charge in [-0.25, -0.2) is 0 Å². The molecule has 1 aromatic heterocycles. The molecular weight excluding hydrogens is 297 g/mol. The topological polar surface area (TPSA) is 33.1 Å². The van der Waals surface area contributed by atoms with Crippen LogP contribution in [0.4, 0.5) is 23.0 Å². The van der Waals surface area contributed by atoms with Gasteiger partial charge in [0.15, 0.2) is 4.98 Å². The first-order valence-corrected chi connectivity index (χ1v) is 6.58. The Morgan fingerprint density at radius 3 is 2.18 bits per heavy atom. The van der Waals surface area contributed by atoms with E-state index < -0.39 is 7.25 Å². The predicted octanol–water partition coefficient (Wildman–Crippen LogP) is 5.60. The van der Waals surface area contributed by atoms with Crippen LogP contribution in [-0.4, -0.2) is 11.8 Å². The van der Waals surface area contributed by atoms with Crippen LogP contribution in [0.25, 0.3) is 26.8 Å². The van der Waals surface area contributed by atoms with Gasteiger partial charge < -0.3 is 21.8 Å². The average Bonchev–Trinajstić information content (AvgIpc) is 2.78. The highest BCUT2D eigenvalue weighted by Crippen LogP contribution is 2.31. The molecule has 0 saturated carbocycles. The van der Waals surface area contributed by atoms with Crippen LogP contribution >= 0.6 is 0 Å². The Labute approximate surface area is 123 Å². The van der Waals surface area contributed by atoms with Crippen molar-refractivity contribution in [1.29, 1.82) is 5.39 Å². The summed E-state index contributed by atoms with van der Waals surface area (Å²) >= 11 is 0. The molecule has 0 saturated heterocycles. The number of nitrogens with zero attached hydrogens (tertiary/aromatic N) is 3. The van der Waals surface area contributed by atoms with E-state index in [1.54, 1.807) is 0 Å². The number of para-hydroxylation sites is 1. The van der Waals surface area contributed by atoms with Crippen molar-refractivity contribution in [2.75, 3.05) is 0 Å². The van der Waals surface area contributed by atoms with Crippen LogP contribution in [0.15, 0.2) is 42.5 Å². The fraction of sp³-hybridized carbons (Fsp3) is 0.143. The van der Waals surface area contributed by atoms with Crippen molar-refractivity contribution in [1.82, 2.24) is 4.57 Å². The molecule has 8 heteroatoms. The SMILES string of the molecule is CCn1c2ccccc2c2cc([N+]#N)ccc21.F[B-](F)(F)F. The van der Waals surface area contributed by atoms with Gasteiger partial charge in [-0.1, -0.05) is 18.2 Å². The van der Waals surface area contributed by atoms with Gasteiger partial charge in [0, 0.05) is 40.5 Å². The molecule has 1 heterocycles. The lowest BCUT2D eigenvalue weighted by atomic mass is 10.1. The Hall–Kier alpha value is -2.56. The summed E-state index contributed by atoms with van der Waals surface area (Å²) in [5.41, 5.74) is 3.00. The Balaban J connectivity index is 0.000000309. The number of benzene rings is 2. The van der Waals surface area contributed by atoms with Crippen molar-refractivity contribution >= 4 is 34.7 Å². The number of halogens is 4. The van der Waals surface area contributed by atoms with Gasteiger partial charge in [0.1, 0.15) is 0 Å². The second kappa shape index (κ2) is 6.06. The van der Waals surface area contributed by atoms with E-state index in [1.165, 1.54) is 16.4 Å². The summed E-state index contributed by atoms with van der Waals surface area (Å²) in [5, 5.41) is 11.2. The minimum absolute atomic E-state index is 0.594. The lowest BCUT2D eigenvalue weighted by Gasteiger charge is -2.01. The number of diazo groups is 1. The lowest BCUT2D eigenvalue weighted by Crippen LogP contribution is -2.02. The first-order chi connectivity index (χ1) is 10.3. The zero-order valence-corrected chi connectivity index (χ0v) is 11.7. The van der Waals surface area contributed by atoms with E-state index in [0.717, 1.165) is 11.9 Å². The summed E-state index contributed by atoms with van der Waals surface area (Å²) in [4.78, 5) is 3.25. The lowest BCUT2D eigenvalue weighted by molar-refractivity contribution is 0.368. The number of hydrogen-bond donors (Lipinski definition) is 0. The first kappa shape index (κ1) is 15.8. The standard InChI is InChI=1S/C14H12N3.BF4/c1-2-17-13-6-4-3-5-11(13)12-9-10(16-15)7-8-14(12)17;2-1(3,4)5/h3-9H,2H2,1H3;/q+1;-1. The van der Waals surface area contributed by atoms with E-state index >= 15 is 0 Å². The Morgan fingerprint density at radius 2 is 1.59 bits per heavy atom. The average molecular weight is 309 g/mol. The molecule has 0 fully saturated rings. The molecule has 3 nitrogen and oxygen atoms in total. The zero-order chi connectivity index (χ0) is 16.3. The van der Waals surface area contributed by atoms with Crippen LogP contribution in [-0.2, 0) is 6.54 Å². The largest absolute Gasteiger partial charge is 0.673 e. The van der Waals surface area contributed by atoms with Gasteiger partial charge in [-0.15, -0.1) is 0 Å². The first-order valence-electron chi connectivity index (χ1n) is 6.58. The third-order valence-electron chi connectivity index (χ3n) is 3.19. The molecule has 0 aliphatic carbocycles. The van der Waals surface area contributed by atoms with Gasteiger partial charge in [0.25, 0.3) is 0 Å². The van der Waals surface area contributed by atoms with Crippen molar-refractivity contribution < 1.29 is 17.3 Å². The van der Waals surface area contributed by atoms with Crippen LogP contribution in [0.5, 0.6) is 0 Å². The summed E-state index contributed by atoms with van der Waals surface area (Å²) in [7, 11) is -6.00. The van der Waals surface area contributed by atoms with Gasteiger partial charge in [-0.3, -0.25) is 0 Å². The number of aromatic nitrogens is 1. The van der Waals surface area contributed by atoms with E-state index in [-0.39, 0.29) is 0 Å². The zero-order valence-electron chi connectivity index (χ0n) is 11.7. The predicted molar refractivity (Wildman–Crippen MR) is 80.0 cm³/mol. The molecule has 0 spiro atoms. The molecule has 0 aliphatic heterocycles. The van der Waals surface area contributed by atoms with E-state index in [0.29, 0.717) is 5.69 Å². The van der Waals surface area contributed by atoms with Crippen molar-refractivity contribution in [3.8, 4) is 0 Å². The molecule has 22 heavy (non-hydrogen) atoms. The van der Waals surface area contributed by atoms with Gasteiger partial charge >= 0.3 is 12.9 Å². The minimum Gasteiger partial charge on any atom is -0.418 e. The maximum Gasteiger partial charge on any atom is 0.673 e. The van der Waals surface area contributed by atoms with Crippen LogP contribution in [0.3, 0.4) is 0 Å². The summed E-state index contributed by atoms with van der Waals surface area (Å²) in [6.45, 7) is 3.07. The van der Waals surface area contributed by atoms with Crippen LogP contribution < -0.4 is 0 Å². The Morgan fingerprint density at radius 1 is 1.00 bits per heavy atom. The molecule has 3 aromatic rings. The van der Waals surface area contributed by atoms with E-state index in [9.17, 15) is 17.3 Å². The van der Waals surface area contributed by atoms with E-state index in [4.69, 9.17) is 5.39 Å². The van der Waals surface area contributed by atoms with Crippen LogP contribution in [0, 0.1) is 5.39 Å². The van der Waals surface area contributed by atoms with Crippen molar-refractivity contribution in [3.63, 3.8) is 0 Å². The number of rotatable bonds is 1.